The Morgan fingerprint density at radius 1 is 1.13 bits per heavy atom. The Morgan fingerprint density at radius 3 is 2.87 bits per heavy atom. The van der Waals surface area contributed by atoms with Crippen molar-refractivity contribution < 1.29 is 9.53 Å². The summed E-state index contributed by atoms with van der Waals surface area (Å²) in [6.45, 7) is 3.30. The summed E-state index contributed by atoms with van der Waals surface area (Å²) in [7, 11) is 0. The van der Waals surface area contributed by atoms with Gasteiger partial charge in [0.2, 0.25) is 0 Å². The molecule has 39 heavy (non-hydrogen) atoms. The van der Waals surface area contributed by atoms with Crippen LogP contribution in [0.1, 0.15) is 48.2 Å². The number of allylic oxidation sites excluding steroid dienone is 10. The van der Waals surface area contributed by atoms with E-state index in [1.165, 1.54) is 11.1 Å². The number of thiophene rings is 1. The molecule has 0 aliphatic heterocycles. The monoisotopic (exact) mass is 533 g/mol. The smallest absolute Gasteiger partial charge is 0.190 e. The third kappa shape index (κ3) is 5.71. The molecule has 3 aromatic heterocycles. The van der Waals surface area contributed by atoms with Crippen LogP contribution in [0.5, 0.6) is 0 Å². The van der Waals surface area contributed by atoms with Gasteiger partial charge in [0.25, 0.3) is 0 Å². The molecule has 0 N–H and O–H groups in total. The molecule has 0 aromatic carbocycles. The Balaban J connectivity index is 1.35. The molecular weight excluding hydrogens is 502 g/mol. The zero-order valence-corrected chi connectivity index (χ0v) is 22.8. The van der Waals surface area contributed by atoms with Gasteiger partial charge < -0.3 is 4.74 Å². The molecule has 0 spiro atoms. The summed E-state index contributed by atoms with van der Waals surface area (Å²) in [5.74, 6) is 1.34. The molecule has 2 atom stereocenters. The predicted octanol–water partition coefficient (Wildman–Crippen LogP) is 7.36. The average Bonchev–Trinajstić information content (AvgIpc) is 3.65. The first-order chi connectivity index (χ1) is 19.1. The molecule has 0 fully saturated rings. The number of aromatic nitrogens is 3. The van der Waals surface area contributed by atoms with E-state index < -0.39 is 0 Å². The van der Waals surface area contributed by atoms with Crippen molar-refractivity contribution in [3.63, 3.8) is 0 Å². The van der Waals surface area contributed by atoms with E-state index in [0.29, 0.717) is 23.7 Å². The van der Waals surface area contributed by atoms with Crippen molar-refractivity contribution in [3.05, 3.63) is 135 Å². The van der Waals surface area contributed by atoms with Gasteiger partial charge in [0.1, 0.15) is 12.4 Å². The van der Waals surface area contributed by atoms with Crippen molar-refractivity contribution >= 4 is 22.7 Å². The van der Waals surface area contributed by atoms with Crippen LogP contribution in [-0.2, 0) is 22.7 Å². The molecule has 0 radical (unpaired) electrons. The van der Waals surface area contributed by atoms with Gasteiger partial charge in [0, 0.05) is 28.8 Å². The van der Waals surface area contributed by atoms with Crippen molar-refractivity contribution in [2.45, 2.75) is 45.3 Å². The number of carbonyl (C=O) groups is 1. The maximum Gasteiger partial charge on any atom is 0.190 e. The molecule has 3 aliphatic carbocycles. The van der Waals surface area contributed by atoms with Crippen LogP contribution in [-0.4, -0.2) is 20.5 Å². The van der Waals surface area contributed by atoms with Crippen LogP contribution >= 0.6 is 11.3 Å². The minimum Gasteiger partial charge on any atom is -0.486 e. The minimum atomic E-state index is -0.0357. The summed E-state index contributed by atoms with van der Waals surface area (Å²) >= 11 is 1.55. The van der Waals surface area contributed by atoms with E-state index in [1.807, 2.05) is 52.7 Å². The number of nitrogens with zero attached hydrogens (tertiary/aromatic N) is 3. The minimum absolute atomic E-state index is 0.0357. The van der Waals surface area contributed by atoms with Gasteiger partial charge in [-0.2, -0.15) is 5.10 Å². The Kier molecular flexibility index (Phi) is 7.37. The van der Waals surface area contributed by atoms with Gasteiger partial charge in [-0.15, -0.1) is 11.3 Å². The van der Waals surface area contributed by atoms with Crippen LogP contribution in [0.4, 0.5) is 0 Å². The second-order valence-electron chi connectivity index (χ2n) is 10.2. The molecule has 0 saturated carbocycles. The standard InChI is InChI=1S/C33H31N3O2S/c1-23-10-12-24(13-11-23)20-36-21-27(19-35-36)26-15-14-25-6-4-8-30(37)32(31-9-5-17-39-31)33(29(25)18-26)38-22-28-7-2-3-16-34-28/h2-5,7-10,12-14,16-19,21,23,26H,6,11,15,20,22H2,1H3. The van der Waals surface area contributed by atoms with Crippen LogP contribution in [0.2, 0.25) is 0 Å². The summed E-state index contributed by atoms with van der Waals surface area (Å²) in [5.41, 5.74) is 6.06. The van der Waals surface area contributed by atoms with Crippen molar-refractivity contribution in [1.82, 2.24) is 14.8 Å². The summed E-state index contributed by atoms with van der Waals surface area (Å²) < 4.78 is 8.53. The number of fused-ring (bicyclic) bond motifs is 1. The molecule has 6 heteroatoms. The molecule has 0 saturated heterocycles. The summed E-state index contributed by atoms with van der Waals surface area (Å²) in [6, 6.07) is 9.74. The van der Waals surface area contributed by atoms with Crippen molar-refractivity contribution in [2.75, 3.05) is 0 Å². The normalized spacial score (nSPS) is 21.1. The highest BCUT2D eigenvalue weighted by Gasteiger charge is 2.28. The highest BCUT2D eigenvalue weighted by molar-refractivity contribution is 7.11. The molecule has 3 aromatic rings. The molecule has 5 nitrogen and oxygen atoms in total. The molecule has 0 bridgehead atoms. The molecule has 196 valence electrons. The molecule has 3 heterocycles. The number of pyridine rings is 1. The van der Waals surface area contributed by atoms with Gasteiger partial charge in [0.15, 0.2) is 5.78 Å². The van der Waals surface area contributed by atoms with E-state index in [1.54, 1.807) is 23.6 Å². The second-order valence-corrected chi connectivity index (χ2v) is 11.2. The lowest BCUT2D eigenvalue weighted by Gasteiger charge is -2.26. The lowest BCUT2D eigenvalue weighted by molar-refractivity contribution is -0.109. The first-order valence-corrected chi connectivity index (χ1v) is 14.3. The SMILES string of the molecule is CC1C=CC(Cn2cc(C3C=C4C(=CC3)CC=CC(=O)C(c3cccs3)=C4OCc3ccccn3)cn2)=CC1. The Bertz CT molecular complexity index is 1530. The molecule has 0 amide bonds. The van der Waals surface area contributed by atoms with Crippen LogP contribution in [0, 0.1) is 5.92 Å². The van der Waals surface area contributed by atoms with Gasteiger partial charge in [0.05, 0.1) is 24.0 Å². The van der Waals surface area contributed by atoms with E-state index in [-0.39, 0.29) is 18.3 Å². The topological polar surface area (TPSA) is 57.0 Å². The average molecular weight is 534 g/mol. The van der Waals surface area contributed by atoms with Gasteiger partial charge in [-0.3, -0.25) is 14.5 Å². The summed E-state index contributed by atoms with van der Waals surface area (Å²) in [6.07, 6.45) is 23.6. The predicted molar refractivity (Wildman–Crippen MR) is 156 cm³/mol. The summed E-state index contributed by atoms with van der Waals surface area (Å²) in [4.78, 5) is 18.8. The maximum absolute atomic E-state index is 13.4. The van der Waals surface area contributed by atoms with Crippen molar-refractivity contribution in [3.8, 4) is 0 Å². The van der Waals surface area contributed by atoms with Crippen molar-refractivity contribution in [1.29, 1.82) is 0 Å². The zero-order valence-electron chi connectivity index (χ0n) is 22.0. The molecule has 2 unspecified atom stereocenters. The van der Waals surface area contributed by atoms with E-state index in [0.717, 1.165) is 41.1 Å². The van der Waals surface area contributed by atoms with Crippen LogP contribution < -0.4 is 0 Å². The van der Waals surface area contributed by atoms with Crippen LogP contribution in [0.25, 0.3) is 5.57 Å². The fraction of sp³-hybridized carbons (Fsp3) is 0.242. The van der Waals surface area contributed by atoms with E-state index in [4.69, 9.17) is 4.74 Å². The lowest BCUT2D eigenvalue weighted by Crippen LogP contribution is -2.13. The quantitative estimate of drug-likeness (QED) is 0.318. The zero-order chi connectivity index (χ0) is 26.6. The number of hydrogen-bond acceptors (Lipinski definition) is 5. The van der Waals surface area contributed by atoms with Crippen molar-refractivity contribution in [2.24, 2.45) is 5.92 Å². The number of carbonyl (C=O) groups excluding carboxylic acids is 1. The lowest BCUT2D eigenvalue weighted by atomic mass is 9.83. The summed E-state index contributed by atoms with van der Waals surface area (Å²) in [5, 5.41) is 6.68. The van der Waals surface area contributed by atoms with Crippen LogP contribution in [0.15, 0.2) is 119 Å². The fourth-order valence-corrected chi connectivity index (χ4v) is 5.96. The number of hydrogen-bond donors (Lipinski definition) is 0. The van der Waals surface area contributed by atoms with Gasteiger partial charge in [-0.05, 0) is 71.5 Å². The number of ketones is 1. The molecular formula is C33H31N3O2S. The Labute approximate surface area is 233 Å². The van der Waals surface area contributed by atoms with Gasteiger partial charge in [-0.25, -0.2) is 0 Å². The van der Waals surface area contributed by atoms with E-state index >= 15 is 0 Å². The highest BCUT2D eigenvalue weighted by atomic mass is 32.1. The second kappa shape index (κ2) is 11.4. The third-order valence-corrected chi connectivity index (χ3v) is 8.22. The number of rotatable bonds is 7. The largest absolute Gasteiger partial charge is 0.486 e. The molecule has 6 rings (SSSR count). The van der Waals surface area contributed by atoms with Gasteiger partial charge in [-0.1, -0.05) is 55.5 Å². The highest BCUT2D eigenvalue weighted by Crippen LogP contribution is 2.41. The van der Waals surface area contributed by atoms with E-state index in [2.05, 4.69) is 53.6 Å². The Hall–Kier alpha value is -4.03. The maximum atomic E-state index is 13.4. The van der Waals surface area contributed by atoms with Crippen LogP contribution in [0.3, 0.4) is 0 Å². The number of ether oxygens (including phenoxy) is 1. The first kappa shape index (κ1) is 25.3. The van der Waals surface area contributed by atoms with E-state index in [9.17, 15) is 4.79 Å². The Morgan fingerprint density at radius 2 is 2.08 bits per heavy atom. The van der Waals surface area contributed by atoms with Gasteiger partial charge >= 0.3 is 0 Å². The first-order valence-electron chi connectivity index (χ1n) is 13.5. The fourth-order valence-electron chi connectivity index (χ4n) is 5.19. The third-order valence-electron chi connectivity index (χ3n) is 7.33. The molecule has 3 aliphatic rings.